The summed E-state index contributed by atoms with van der Waals surface area (Å²) in [5.41, 5.74) is -0.195. The molecule has 0 atom stereocenters. The highest BCUT2D eigenvalue weighted by atomic mass is 16.1. The predicted molar refractivity (Wildman–Crippen MR) is 52.2 cm³/mol. The van der Waals surface area contributed by atoms with Gasteiger partial charge in [0, 0.05) is 11.0 Å². The average Bonchev–Trinajstić information content (AvgIpc) is 1.78. The molecule has 0 radical (unpaired) electrons. The van der Waals surface area contributed by atoms with E-state index >= 15 is 0 Å². The Hall–Kier alpha value is -0.370. The Kier molecular flexibility index (Phi) is 3.45. The summed E-state index contributed by atoms with van der Waals surface area (Å²) >= 11 is 0. The molecule has 0 amide bonds. The van der Waals surface area contributed by atoms with Crippen molar-refractivity contribution in [3.63, 3.8) is 0 Å². The minimum Gasteiger partial charge on any atom is -0.305 e. The Balaban J connectivity index is 3.90. The molecular weight excluding hydrogens is 150 g/mol. The van der Waals surface area contributed by atoms with Gasteiger partial charge in [-0.3, -0.25) is 4.79 Å². The number of nitrogens with one attached hydrogen (secondary N) is 1. The molecule has 0 aromatic rings. The van der Waals surface area contributed by atoms with Crippen LogP contribution in [0, 0.1) is 5.41 Å². The number of ketones is 1. The molecule has 0 rings (SSSR count). The van der Waals surface area contributed by atoms with E-state index in [0.29, 0.717) is 6.54 Å². The van der Waals surface area contributed by atoms with Crippen LogP contribution in [0.15, 0.2) is 0 Å². The molecule has 0 aromatic heterocycles. The highest BCUT2D eigenvalue weighted by Gasteiger charge is 2.22. The molecular formula is C10H21NO. The summed E-state index contributed by atoms with van der Waals surface area (Å²) in [5, 5.41) is 3.18. The summed E-state index contributed by atoms with van der Waals surface area (Å²) < 4.78 is 0. The van der Waals surface area contributed by atoms with Gasteiger partial charge in [0.25, 0.3) is 0 Å². The Morgan fingerprint density at radius 3 is 1.75 bits per heavy atom. The maximum Gasteiger partial charge on any atom is 0.151 e. The first kappa shape index (κ1) is 11.6. The molecule has 72 valence electrons. The largest absolute Gasteiger partial charge is 0.305 e. The maximum atomic E-state index is 11.4. The van der Waals surface area contributed by atoms with Crippen molar-refractivity contribution in [2.75, 3.05) is 6.54 Å². The lowest BCUT2D eigenvalue weighted by Crippen LogP contribution is -2.42. The van der Waals surface area contributed by atoms with E-state index in [1.54, 1.807) is 0 Å². The lowest BCUT2D eigenvalue weighted by atomic mass is 9.90. The van der Waals surface area contributed by atoms with Crippen molar-refractivity contribution in [1.82, 2.24) is 5.32 Å². The molecule has 0 aliphatic heterocycles. The molecule has 0 fully saturated rings. The first-order chi connectivity index (χ1) is 5.13. The molecule has 0 unspecified atom stereocenters. The van der Waals surface area contributed by atoms with Gasteiger partial charge in [-0.1, -0.05) is 20.8 Å². The summed E-state index contributed by atoms with van der Waals surface area (Å²) in [7, 11) is 0. The third kappa shape index (κ3) is 5.30. The van der Waals surface area contributed by atoms with E-state index in [1.807, 2.05) is 20.8 Å². The van der Waals surface area contributed by atoms with Crippen LogP contribution in [-0.4, -0.2) is 17.9 Å². The number of Topliss-reactive ketones (excluding diaryl/α,β-unsaturated/α-hetero) is 1. The topological polar surface area (TPSA) is 29.1 Å². The Morgan fingerprint density at radius 1 is 1.08 bits per heavy atom. The second-order valence-corrected chi connectivity index (χ2v) is 5.28. The van der Waals surface area contributed by atoms with Gasteiger partial charge in [0.1, 0.15) is 0 Å². The maximum absolute atomic E-state index is 11.4. The van der Waals surface area contributed by atoms with Crippen LogP contribution in [0.1, 0.15) is 41.5 Å². The Morgan fingerprint density at radius 2 is 1.50 bits per heavy atom. The average molecular weight is 171 g/mol. The molecule has 0 heterocycles. The fraction of sp³-hybridized carbons (Fsp3) is 0.900. The van der Waals surface area contributed by atoms with Crippen LogP contribution in [0.5, 0.6) is 0 Å². The van der Waals surface area contributed by atoms with Crippen LogP contribution in [0.2, 0.25) is 0 Å². The second kappa shape index (κ2) is 3.56. The van der Waals surface area contributed by atoms with Gasteiger partial charge >= 0.3 is 0 Å². The van der Waals surface area contributed by atoms with Crippen molar-refractivity contribution >= 4 is 5.78 Å². The molecule has 0 bridgehead atoms. The summed E-state index contributed by atoms with van der Waals surface area (Å²) in [4.78, 5) is 11.4. The molecule has 0 spiro atoms. The van der Waals surface area contributed by atoms with Crippen LogP contribution in [-0.2, 0) is 4.79 Å². The van der Waals surface area contributed by atoms with Crippen molar-refractivity contribution in [1.29, 1.82) is 0 Å². The zero-order valence-electron chi connectivity index (χ0n) is 9.12. The van der Waals surface area contributed by atoms with E-state index in [9.17, 15) is 4.79 Å². The summed E-state index contributed by atoms with van der Waals surface area (Å²) in [6, 6.07) is 0. The smallest absolute Gasteiger partial charge is 0.151 e. The fourth-order valence-electron chi connectivity index (χ4n) is 0.611. The minimum atomic E-state index is -0.224. The van der Waals surface area contributed by atoms with Gasteiger partial charge in [-0.05, 0) is 20.8 Å². The van der Waals surface area contributed by atoms with E-state index in [1.165, 1.54) is 0 Å². The first-order valence-corrected chi connectivity index (χ1v) is 4.41. The molecule has 0 aromatic carbocycles. The molecule has 2 nitrogen and oxygen atoms in total. The number of hydrogen-bond donors (Lipinski definition) is 1. The fourth-order valence-corrected chi connectivity index (χ4v) is 0.611. The van der Waals surface area contributed by atoms with Crippen molar-refractivity contribution in [3.05, 3.63) is 0 Å². The monoisotopic (exact) mass is 171 g/mol. The van der Waals surface area contributed by atoms with Crippen molar-refractivity contribution in [2.24, 2.45) is 5.41 Å². The number of carbonyl (C=O) groups excluding carboxylic acids is 1. The minimum absolute atomic E-state index is 0.0287. The van der Waals surface area contributed by atoms with Gasteiger partial charge in [0.2, 0.25) is 0 Å². The number of rotatable bonds is 2. The molecule has 12 heavy (non-hydrogen) atoms. The summed E-state index contributed by atoms with van der Waals surface area (Å²) in [6.07, 6.45) is 0. The van der Waals surface area contributed by atoms with Gasteiger partial charge in [-0.15, -0.1) is 0 Å². The molecule has 1 N–H and O–H groups in total. The zero-order chi connectivity index (χ0) is 9.99. The van der Waals surface area contributed by atoms with Crippen LogP contribution in [0.3, 0.4) is 0 Å². The van der Waals surface area contributed by atoms with Crippen LogP contribution in [0.4, 0.5) is 0 Å². The standard InChI is InChI=1S/C10H21NO/c1-9(2,3)8(12)7-11-10(4,5)6/h11H,7H2,1-6H3. The molecule has 2 heteroatoms. The quantitative estimate of drug-likeness (QED) is 0.688. The van der Waals surface area contributed by atoms with Crippen LogP contribution in [0.25, 0.3) is 0 Å². The van der Waals surface area contributed by atoms with E-state index in [4.69, 9.17) is 0 Å². The van der Waals surface area contributed by atoms with E-state index in [0.717, 1.165) is 0 Å². The first-order valence-electron chi connectivity index (χ1n) is 4.41. The highest BCUT2D eigenvalue weighted by molar-refractivity contribution is 5.85. The van der Waals surface area contributed by atoms with Crippen molar-refractivity contribution in [2.45, 2.75) is 47.1 Å². The van der Waals surface area contributed by atoms with Crippen LogP contribution >= 0.6 is 0 Å². The predicted octanol–water partition coefficient (Wildman–Crippen LogP) is 1.99. The zero-order valence-corrected chi connectivity index (χ0v) is 9.12. The summed E-state index contributed by atoms with van der Waals surface area (Å²) in [6.45, 7) is 12.5. The van der Waals surface area contributed by atoms with Gasteiger partial charge in [0.05, 0.1) is 6.54 Å². The normalized spacial score (nSPS) is 13.2. The second-order valence-electron chi connectivity index (χ2n) is 5.28. The SMILES string of the molecule is CC(C)(C)NCC(=O)C(C)(C)C. The Bertz CT molecular complexity index is 160. The van der Waals surface area contributed by atoms with E-state index in [-0.39, 0.29) is 16.7 Å². The number of hydrogen-bond acceptors (Lipinski definition) is 2. The lowest BCUT2D eigenvalue weighted by molar-refractivity contribution is -0.125. The third-order valence-corrected chi connectivity index (χ3v) is 1.62. The lowest BCUT2D eigenvalue weighted by Gasteiger charge is -2.23. The van der Waals surface area contributed by atoms with Gasteiger partial charge < -0.3 is 5.32 Å². The molecule has 0 aliphatic carbocycles. The van der Waals surface area contributed by atoms with Gasteiger partial charge in [-0.2, -0.15) is 0 Å². The summed E-state index contributed by atoms with van der Waals surface area (Å²) in [5.74, 6) is 0.262. The Labute approximate surface area is 75.7 Å². The van der Waals surface area contributed by atoms with Crippen molar-refractivity contribution < 1.29 is 4.79 Å². The van der Waals surface area contributed by atoms with E-state index in [2.05, 4.69) is 26.1 Å². The van der Waals surface area contributed by atoms with Crippen LogP contribution < -0.4 is 5.32 Å². The van der Waals surface area contributed by atoms with Gasteiger partial charge in [0.15, 0.2) is 5.78 Å². The molecule has 0 aliphatic rings. The van der Waals surface area contributed by atoms with E-state index < -0.39 is 0 Å². The number of carbonyl (C=O) groups is 1. The highest BCUT2D eigenvalue weighted by Crippen LogP contribution is 2.14. The van der Waals surface area contributed by atoms with Gasteiger partial charge in [-0.25, -0.2) is 0 Å². The third-order valence-electron chi connectivity index (χ3n) is 1.62. The van der Waals surface area contributed by atoms with Crippen molar-refractivity contribution in [3.8, 4) is 0 Å². The molecule has 0 saturated carbocycles. The molecule has 0 saturated heterocycles.